The molecule has 0 fully saturated rings. The van der Waals surface area contributed by atoms with Gasteiger partial charge in [0.2, 0.25) is 0 Å². The van der Waals surface area contributed by atoms with Crippen LogP contribution in [0.5, 0.6) is 0 Å². The molecule has 1 atom stereocenters. The van der Waals surface area contributed by atoms with Gasteiger partial charge >= 0.3 is 0 Å². The van der Waals surface area contributed by atoms with Crippen molar-refractivity contribution in [2.75, 3.05) is 11.9 Å². The van der Waals surface area contributed by atoms with Crippen molar-refractivity contribution in [2.45, 2.75) is 19.8 Å². The first-order valence-electron chi connectivity index (χ1n) is 3.58. The predicted molar refractivity (Wildman–Crippen MR) is 40.2 cm³/mol. The maximum atomic E-state index is 4.11. The summed E-state index contributed by atoms with van der Waals surface area (Å²) in [6, 6.07) is 0. The molecule has 0 saturated carbocycles. The maximum absolute atomic E-state index is 4.11. The van der Waals surface area contributed by atoms with E-state index in [4.69, 9.17) is 0 Å². The summed E-state index contributed by atoms with van der Waals surface area (Å²) in [5.41, 5.74) is 2.56. The molecule has 1 unspecified atom stereocenters. The molecule has 1 aromatic heterocycles. The van der Waals surface area contributed by atoms with Crippen LogP contribution in [0.25, 0.3) is 0 Å². The van der Waals surface area contributed by atoms with Crippen LogP contribution in [0.15, 0.2) is 0 Å². The molecule has 3 nitrogen and oxygen atoms in total. The molecule has 0 aliphatic carbocycles. The van der Waals surface area contributed by atoms with Gasteiger partial charge in [-0.2, -0.15) is 5.10 Å². The second kappa shape index (κ2) is 1.75. The summed E-state index contributed by atoms with van der Waals surface area (Å²) in [5, 5.41) is 10.3. The summed E-state index contributed by atoms with van der Waals surface area (Å²) in [5.74, 6) is 1.67. The van der Waals surface area contributed by atoms with E-state index >= 15 is 0 Å². The molecule has 0 radical (unpaired) electrons. The fraction of sp³-hybridized carbons (Fsp3) is 0.571. The Labute approximate surface area is 59.8 Å². The summed E-state index contributed by atoms with van der Waals surface area (Å²) < 4.78 is 0. The minimum atomic E-state index is 0.619. The van der Waals surface area contributed by atoms with E-state index in [1.54, 1.807) is 0 Å². The Morgan fingerprint density at radius 3 is 3.10 bits per heavy atom. The minimum absolute atomic E-state index is 0.619. The molecular formula is C7H11N3. The second-order valence-electron chi connectivity index (χ2n) is 2.89. The number of nitrogens with one attached hydrogen (secondary N) is 2. The number of H-pyrrole nitrogens is 1. The first kappa shape index (κ1) is 5.77. The summed E-state index contributed by atoms with van der Waals surface area (Å²) in [4.78, 5) is 0. The van der Waals surface area contributed by atoms with Crippen LogP contribution in [0.1, 0.15) is 24.1 Å². The number of aryl methyl sites for hydroxylation is 1. The van der Waals surface area contributed by atoms with Gasteiger partial charge in [0.05, 0.1) is 0 Å². The van der Waals surface area contributed by atoms with E-state index in [2.05, 4.69) is 29.4 Å². The largest absolute Gasteiger partial charge is 0.368 e. The molecule has 1 aliphatic rings. The third-order valence-electron chi connectivity index (χ3n) is 2.06. The van der Waals surface area contributed by atoms with Crippen LogP contribution in [-0.2, 0) is 0 Å². The number of hydrogen-bond acceptors (Lipinski definition) is 2. The van der Waals surface area contributed by atoms with Crippen LogP contribution in [0, 0.1) is 6.92 Å². The molecular weight excluding hydrogens is 126 g/mol. The molecule has 0 saturated heterocycles. The summed E-state index contributed by atoms with van der Waals surface area (Å²) in [7, 11) is 0. The van der Waals surface area contributed by atoms with E-state index in [-0.39, 0.29) is 0 Å². The number of aromatic nitrogens is 2. The smallest absolute Gasteiger partial charge is 0.151 e. The Balaban J connectivity index is 2.54. The van der Waals surface area contributed by atoms with Crippen molar-refractivity contribution < 1.29 is 0 Å². The van der Waals surface area contributed by atoms with Gasteiger partial charge in [0, 0.05) is 23.7 Å². The van der Waals surface area contributed by atoms with Gasteiger partial charge in [-0.15, -0.1) is 0 Å². The highest BCUT2D eigenvalue weighted by atomic mass is 15.2. The number of fused-ring (bicyclic) bond motifs is 1. The van der Waals surface area contributed by atoms with E-state index < -0.39 is 0 Å². The number of anilines is 1. The molecule has 2 heterocycles. The molecule has 10 heavy (non-hydrogen) atoms. The Hall–Kier alpha value is -0.990. The molecule has 0 amide bonds. The van der Waals surface area contributed by atoms with Crippen molar-refractivity contribution >= 4 is 5.82 Å². The molecule has 0 bridgehead atoms. The highest BCUT2D eigenvalue weighted by molar-refractivity contribution is 5.53. The van der Waals surface area contributed by atoms with Crippen LogP contribution in [-0.4, -0.2) is 16.7 Å². The van der Waals surface area contributed by atoms with Gasteiger partial charge in [-0.25, -0.2) is 0 Å². The van der Waals surface area contributed by atoms with Gasteiger partial charge in [0.25, 0.3) is 0 Å². The van der Waals surface area contributed by atoms with E-state index in [0.29, 0.717) is 5.92 Å². The van der Waals surface area contributed by atoms with Gasteiger partial charge in [0.1, 0.15) is 0 Å². The average Bonchev–Trinajstić information content (AvgIpc) is 2.40. The lowest BCUT2D eigenvalue weighted by molar-refractivity contribution is 0.834. The highest BCUT2D eigenvalue weighted by Crippen LogP contribution is 2.30. The van der Waals surface area contributed by atoms with Gasteiger partial charge < -0.3 is 5.32 Å². The van der Waals surface area contributed by atoms with Crippen LogP contribution in [0.2, 0.25) is 0 Å². The molecule has 2 N–H and O–H groups in total. The van der Waals surface area contributed by atoms with Crippen molar-refractivity contribution in [1.82, 2.24) is 10.2 Å². The zero-order valence-corrected chi connectivity index (χ0v) is 6.23. The number of rotatable bonds is 0. The van der Waals surface area contributed by atoms with Crippen molar-refractivity contribution in [3.05, 3.63) is 11.3 Å². The third-order valence-corrected chi connectivity index (χ3v) is 2.06. The van der Waals surface area contributed by atoms with E-state index in [0.717, 1.165) is 12.4 Å². The first-order chi connectivity index (χ1) is 4.79. The Bertz CT molecular complexity index is 251. The van der Waals surface area contributed by atoms with Gasteiger partial charge in [-0.3, -0.25) is 5.10 Å². The standard InChI is InChI=1S/C7H11N3/c1-4-3-8-7-6(4)5(2)9-10-7/h4H,3H2,1-2H3,(H2,8,9,10). The Morgan fingerprint density at radius 1 is 1.60 bits per heavy atom. The highest BCUT2D eigenvalue weighted by Gasteiger charge is 2.22. The molecule has 0 spiro atoms. The molecule has 1 aromatic rings. The van der Waals surface area contributed by atoms with Crippen LogP contribution >= 0.6 is 0 Å². The summed E-state index contributed by atoms with van der Waals surface area (Å²) in [6.45, 7) is 5.31. The monoisotopic (exact) mass is 137 g/mol. The topological polar surface area (TPSA) is 40.7 Å². The molecule has 2 rings (SSSR count). The normalized spacial score (nSPS) is 22.4. The van der Waals surface area contributed by atoms with E-state index in [9.17, 15) is 0 Å². The van der Waals surface area contributed by atoms with Crippen molar-refractivity contribution in [1.29, 1.82) is 0 Å². The molecule has 54 valence electrons. The van der Waals surface area contributed by atoms with Crippen LogP contribution < -0.4 is 5.32 Å². The summed E-state index contributed by atoms with van der Waals surface area (Å²) in [6.07, 6.45) is 0. The zero-order valence-electron chi connectivity index (χ0n) is 6.23. The number of nitrogens with zero attached hydrogens (tertiary/aromatic N) is 1. The van der Waals surface area contributed by atoms with Crippen molar-refractivity contribution in [3.63, 3.8) is 0 Å². The lowest BCUT2D eigenvalue weighted by atomic mass is 10.1. The molecule has 1 aliphatic heterocycles. The zero-order chi connectivity index (χ0) is 7.14. The number of hydrogen-bond donors (Lipinski definition) is 2. The predicted octanol–water partition coefficient (Wildman–Crippen LogP) is 1.25. The average molecular weight is 137 g/mol. The second-order valence-corrected chi connectivity index (χ2v) is 2.89. The van der Waals surface area contributed by atoms with Gasteiger partial charge in [-0.1, -0.05) is 6.92 Å². The lowest BCUT2D eigenvalue weighted by Gasteiger charge is -1.98. The fourth-order valence-corrected chi connectivity index (χ4v) is 1.53. The number of aromatic amines is 1. The Morgan fingerprint density at radius 2 is 2.40 bits per heavy atom. The van der Waals surface area contributed by atoms with Crippen molar-refractivity contribution in [3.8, 4) is 0 Å². The SMILES string of the molecule is Cc1[nH]nc2c1C(C)CN2. The lowest BCUT2D eigenvalue weighted by Crippen LogP contribution is -1.99. The Kier molecular flexibility index (Phi) is 1.01. The fourth-order valence-electron chi connectivity index (χ4n) is 1.53. The van der Waals surface area contributed by atoms with E-state index in [1.807, 2.05) is 0 Å². The minimum Gasteiger partial charge on any atom is -0.368 e. The molecule has 3 heteroatoms. The van der Waals surface area contributed by atoms with Gasteiger partial charge in [-0.05, 0) is 6.92 Å². The summed E-state index contributed by atoms with van der Waals surface area (Å²) >= 11 is 0. The third kappa shape index (κ3) is 0.574. The van der Waals surface area contributed by atoms with E-state index in [1.165, 1.54) is 11.3 Å². The maximum Gasteiger partial charge on any atom is 0.151 e. The van der Waals surface area contributed by atoms with Gasteiger partial charge in [0.15, 0.2) is 5.82 Å². The first-order valence-corrected chi connectivity index (χ1v) is 3.58. The van der Waals surface area contributed by atoms with Crippen LogP contribution in [0.4, 0.5) is 5.82 Å². The quantitative estimate of drug-likeness (QED) is 0.565. The van der Waals surface area contributed by atoms with Crippen molar-refractivity contribution in [2.24, 2.45) is 0 Å². The van der Waals surface area contributed by atoms with Crippen LogP contribution in [0.3, 0.4) is 0 Å². The molecule has 0 aromatic carbocycles.